The van der Waals surface area contributed by atoms with E-state index < -0.39 is 0 Å². The molecule has 3 heterocycles. The molecule has 0 amide bonds. The first kappa shape index (κ1) is 14.1. The maximum atomic E-state index is 5.83. The van der Waals surface area contributed by atoms with Gasteiger partial charge in [0.2, 0.25) is 5.95 Å². The van der Waals surface area contributed by atoms with Crippen molar-refractivity contribution in [2.45, 2.75) is 40.0 Å². The molecule has 1 atom stereocenters. The monoisotopic (exact) mass is 288 g/mol. The Morgan fingerprint density at radius 2 is 2.05 bits per heavy atom. The van der Waals surface area contributed by atoms with E-state index in [1.165, 1.54) is 19.3 Å². The number of rotatable bonds is 1. The fraction of sp³-hybridized carbons (Fsp3) is 0.667. The van der Waals surface area contributed by atoms with Crippen LogP contribution in [0, 0.1) is 11.3 Å². The van der Waals surface area contributed by atoms with Crippen LogP contribution in [0.1, 0.15) is 40.0 Å². The molecule has 0 aliphatic carbocycles. The molecular formula is C15H24N6. The predicted molar refractivity (Wildman–Crippen MR) is 85.1 cm³/mol. The Labute approximate surface area is 125 Å². The summed E-state index contributed by atoms with van der Waals surface area (Å²) in [6, 6.07) is 0. The van der Waals surface area contributed by atoms with Crippen molar-refractivity contribution in [3.8, 4) is 0 Å². The number of aromatic nitrogens is 4. The van der Waals surface area contributed by atoms with E-state index in [2.05, 4.69) is 45.8 Å². The number of nitrogen functional groups attached to an aromatic ring is 1. The molecule has 2 aromatic heterocycles. The molecule has 0 radical (unpaired) electrons. The SMILES string of the molecule is CC(C)(C)C1CCCN(c2nc(N)nc3[nH]ncc23)CC1. The molecule has 1 fully saturated rings. The van der Waals surface area contributed by atoms with Gasteiger partial charge in [-0.25, -0.2) is 0 Å². The number of anilines is 2. The van der Waals surface area contributed by atoms with Crippen molar-refractivity contribution in [2.75, 3.05) is 23.7 Å². The largest absolute Gasteiger partial charge is 0.368 e. The molecule has 0 bridgehead atoms. The molecule has 0 saturated carbocycles. The summed E-state index contributed by atoms with van der Waals surface area (Å²) in [5.41, 5.74) is 6.91. The third kappa shape index (κ3) is 2.80. The van der Waals surface area contributed by atoms with Crippen LogP contribution in [0.2, 0.25) is 0 Å². The number of H-pyrrole nitrogens is 1. The molecule has 1 aliphatic rings. The van der Waals surface area contributed by atoms with Crippen LogP contribution < -0.4 is 10.6 Å². The van der Waals surface area contributed by atoms with E-state index in [4.69, 9.17) is 5.73 Å². The van der Waals surface area contributed by atoms with Crippen LogP contribution in [-0.2, 0) is 0 Å². The van der Waals surface area contributed by atoms with Crippen molar-refractivity contribution >= 4 is 22.8 Å². The highest BCUT2D eigenvalue weighted by Gasteiger charge is 2.28. The van der Waals surface area contributed by atoms with Crippen LogP contribution in [0.5, 0.6) is 0 Å². The van der Waals surface area contributed by atoms with Gasteiger partial charge in [0.1, 0.15) is 5.82 Å². The minimum Gasteiger partial charge on any atom is -0.368 e. The van der Waals surface area contributed by atoms with Crippen LogP contribution in [0.3, 0.4) is 0 Å². The Balaban J connectivity index is 1.88. The van der Waals surface area contributed by atoms with Crippen molar-refractivity contribution in [3.05, 3.63) is 6.20 Å². The second-order valence-corrected chi connectivity index (χ2v) is 7.02. The summed E-state index contributed by atoms with van der Waals surface area (Å²) < 4.78 is 0. The molecule has 2 aromatic rings. The van der Waals surface area contributed by atoms with Gasteiger partial charge in [-0.1, -0.05) is 20.8 Å². The molecule has 114 valence electrons. The quantitative estimate of drug-likeness (QED) is 0.842. The molecular weight excluding hydrogens is 264 g/mol. The second-order valence-electron chi connectivity index (χ2n) is 7.02. The van der Waals surface area contributed by atoms with E-state index in [0.717, 1.165) is 30.2 Å². The molecule has 3 rings (SSSR count). The summed E-state index contributed by atoms with van der Waals surface area (Å²) in [5, 5.41) is 7.90. The zero-order valence-corrected chi connectivity index (χ0v) is 13.1. The van der Waals surface area contributed by atoms with E-state index in [1.807, 2.05) is 0 Å². The summed E-state index contributed by atoms with van der Waals surface area (Å²) in [6.07, 6.45) is 5.43. The molecule has 0 aromatic carbocycles. The molecule has 6 heteroatoms. The lowest BCUT2D eigenvalue weighted by Gasteiger charge is -2.30. The first-order chi connectivity index (χ1) is 9.95. The summed E-state index contributed by atoms with van der Waals surface area (Å²) >= 11 is 0. The van der Waals surface area contributed by atoms with Crippen LogP contribution in [-0.4, -0.2) is 33.3 Å². The number of hydrogen-bond donors (Lipinski definition) is 2. The Hall–Kier alpha value is -1.85. The van der Waals surface area contributed by atoms with E-state index >= 15 is 0 Å². The van der Waals surface area contributed by atoms with Gasteiger partial charge in [0, 0.05) is 13.1 Å². The summed E-state index contributed by atoms with van der Waals surface area (Å²) in [5.74, 6) is 1.97. The van der Waals surface area contributed by atoms with Crippen molar-refractivity contribution < 1.29 is 0 Å². The molecule has 3 N–H and O–H groups in total. The number of nitrogens with zero attached hydrogens (tertiary/aromatic N) is 4. The van der Waals surface area contributed by atoms with E-state index in [1.54, 1.807) is 6.20 Å². The van der Waals surface area contributed by atoms with Gasteiger partial charge in [0.15, 0.2) is 5.65 Å². The van der Waals surface area contributed by atoms with Gasteiger partial charge in [-0.2, -0.15) is 15.1 Å². The van der Waals surface area contributed by atoms with Crippen LogP contribution in [0.25, 0.3) is 11.0 Å². The lowest BCUT2D eigenvalue weighted by molar-refractivity contribution is 0.220. The lowest BCUT2D eigenvalue weighted by atomic mass is 9.77. The van der Waals surface area contributed by atoms with Crippen LogP contribution in [0.4, 0.5) is 11.8 Å². The van der Waals surface area contributed by atoms with Gasteiger partial charge >= 0.3 is 0 Å². The third-order valence-electron chi connectivity index (χ3n) is 4.56. The molecule has 0 spiro atoms. The van der Waals surface area contributed by atoms with Crippen molar-refractivity contribution in [1.82, 2.24) is 20.2 Å². The fourth-order valence-corrected chi connectivity index (χ4v) is 3.25. The number of hydrogen-bond acceptors (Lipinski definition) is 5. The first-order valence-electron chi connectivity index (χ1n) is 7.66. The molecule has 1 unspecified atom stereocenters. The van der Waals surface area contributed by atoms with Crippen molar-refractivity contribution in [3.63, 3.8) is 0 Å². The number of aromatic amines is 1. The van der Waals surface area contributed by atoms with Crippen molar-refractivity contribution in [2.24, 2.45) is 11.3 Å². The zero-order chi connectivity index (χ0) is 15.0. The molecule has 1 saturated heterocycles. The van der Waals surface area contributed by atoms with E-state index in [-0.39, 0.29) is 0 Å². The van der Waals surface area contributed by atoms with Crippen molar-refractivity contribution in [1.29, 1.82) is 0 Å². The maximum absolute atomic E-state index is 5.83. The number of nitrogens with two attached hydrogens (primary N) is 1. The van der Waals surface area contributed by atoms with Gasteiger partial charge in [-0.05, 0) is 30.6 Å². The highest BCUT2D eigenvalue weighted by molar-refractivity contribution is 5.87. The standard InChI is InChI=1S/C15H24N6/c1-15(2,3)10-5-4-7-21(8-6-10)13-11-9-17-20-12(11)18-14(16)19-13/h9-10H,4-8H2,1-3H3,(H3,16,17,18,19,20). The zero-order valence-electron chi connectivity index (χ0n) is 13.1. The van der Waals surface area contributed by atoms with E-state index in [9.17, 15) is 0 Å². The molecule has 21 heavy (non-hydrogen) atoms. The van der Waals surface area contributed by atoms with Gasteiger partial charge in [-0.15, -0.1) is 0 Å². The Morgan fingerprint density at radius 1 is 1.24 bits per heavy atom. The molecule has 1 aliphatic heterocycles. The topological polar surface area (TPSA) is 83.7 Å². The minimum absolute atomic E-state index is 0.304. The summed E-state index contributed by atoms with van der Waals surface area (Å²) in [7, 11) is 0. The van der Waals surface area contributed by atoms with Crippen LogP contribution in [0.15, 0.2) is 6.20 Å². The van der Waals surface area contributed by atoms with Gasteiger partial charge in [0.05, 0.1) is 11.6 Å². The normalized spacial score (nSPS) is 20.7. The van der Waals surface area contributed by atoms with Crippen LogP contribution >= 0.6 is 0 Å². The lowest BCUT2D eigenvalue weighted by Crippen LogP contribution is -2.27. The smallest absolute Gasteiger partial charge is 0.224 e. The maximum Gasteiger partial charge on any atom is 0.224 e. The Morgan fingerprint density at radius 3 is 2.81 bits per heavy atom. The van der Waals surface area contributed by atoms with Gasteiger partial charge in [-0.3, -0.25) is 5.10 Å². The predicted octanol–water partition coefficient (Wildman–Crippen LogP) is 2.59. The average molecular weight is 288 g/mol. The van der Waals surface area contributed by atoms with Gasteiger partial charge in [0.25, 0.3) is 0 Å². The first-order valence-corrected chi connectivity index (χ1v) is 7.66. The Kier molecular flexibility index (Phi) is 3.47. The minimum atomic E-state index is 0.304. The van der Waals surface area contributed by atoms with Gasteiger partial charge < -0.3 is 10.6 Å². The second kappa shape index (κ2) is 5.16. The van der Waals surface area contributed by atoms with E-state index in [0.29, 0.717) is 17.0 Å². The highest BCUT2D eigenvalue weighted by Crippen LogP contribution is 2.35. The number of fused-ring (bicyclic) bond motifs is 1. The molecule has 6 nitrogen and oxygen atoms in total. The average Bonchev–Trinajstić information content (AvgIpc) is 2.71. The Bertz CT molecular complexity index is 627. The third-order valence-corrected chi connectivity index (χ3v) is 4.56. The fourth-order valence-electron chi connectivity index (χ4n) is 3.25. The highest BCUT2D eigenvalue weighted by atomic mass is 15.2. The number of nitrogens with one attached hydrogen (secondary N) is 1. The summed E-state index contributed by atoms with van der Waals surface area (Å²) in [6.45, 7) is 9.04. The summed E-state index contributed by atoms with van der Waals surface area (Å²) in [4.78, 5) is 11.0.